The Bertz CT molecular complexity index is 739. The molecule has 3 N–H and O–H groups in total. The highest BCUT2D eigenvalue weighted by atomic mass is 79.9. The van der Waals surface area contributed by atoms with E-state index in [9.17, 15) is 14.3 Å². The Balaban J connectivity index is 2.31. The van der Waals surface area contributed by atoms with Crippen LogP contribution in [0.5, 0.6) is 0 Å². The zero-order valence-electron chi connectivity index (χ0n) is 14.1. The Kier molecular flexibility index (Phi) is 5.49. The number of aliphatic hydroxyl groups is 1. The summed E-state index contributed by atoms with van der Waals surface area (Å²) in [6.45, 7) is 6.37. The van der Waals surface area contributed by atoms with Crippen molar-refractivity contribution < 1.29 is 14.3 Å². The van der Waals surface area contributed by atoms with Crippen molar-refractivity contribution in [2.45, 2.75) is 45.5 Å². The number of carbonyl (C=O) groups is 1. The molecule has 0 aromatic carbocycles. The summed E-state index contributed by atoms with van der Waals surface area (Å²) < 4.78 is 16.3. The number of nitrogens with one attached hydrogen (secondary N) is 2. The van der Waals surface area contributed by atoms with Gasteiger partial charge >= 0.3 is 0 Å². The largest absolute Gasteiger partial charge is 0.387 e. The third-order valence-electron chi connectivity index (χ3n) is 3.49. The van der Waals surface area contributed by atoms with Crippen LogP contribution < -0.4 is 10.6 Å². The van der Waals surface area contributed by atoms with Gasteiger partial charge in [0.1, 0.15) is 6.17 Å². The molecule has 0 aliphatic rings. The molecule has 0 saturated carbocycles. The number of hydrogen-bond acceptors (Lipinski definition) is 4. The van der Waals surface area contributed by atoms with Crippen LogP contribution in [0, 0.1) is 0 Å². The molecule has 0 aliphatic carbocycles. The average Bonchev–Trinajstić information content (AvgIpc) is 2.84. The second kappa shape index (κ2) is 7.06. The van der Waals surface area contributed by atoms with E-state index in [0.29, 0.717) is 11.3 Å². The first-order valence-electron chi connectivity index (χ1n) is 7.67. The lowest BCUT2D eigenvalue weighted by Crippen LogP contribution is -2.42. The predicted octanol–water partition coefficient (Wildman–Crippen LogP) is 2.76. The molecule has 0 saturated heterocycles. The molecule has 1 atom stereocenters. The highest BCUT2D eigenvalue weighted by Gasteiger charge is 2.27. The summed E-state index contributed by atoms with van der Waals surface area (Å²) in [5.41, 5.74) is 0.176. The van der Waals surface area contributed by atoms with Crippen LogP contribution in [0.15, 0.2) is 22.9 Å². The molecule has 2 rings (SSSR count). The quantitative estimate of drug-likeness (QED) is 0.696. The lowest BCUT2D eigenvalue weighted by atomic mass is 10.0. The van der Waals surface area contributed by atoms with E-state index >= 15 is 0 Å². The van der Waals surface area contributed by atoms with Crippen LogP contribution >= 0.6 is 15.9 Å². The van der Waals surface area contributed by atoms with Crippen molar-refractivity contribution in [3.63, 3.8) is 0 Å². The van der Waals surface area contributed by atoms with Gasteiger partial charge in [-0.05, 0) is 49.7 Å². The van der Waals surface area contributed by atoms with Gasteiger partial charge in [-0.25, -0.2) is 8.91 Å². The topological polar surface area (TPSA) is 78.7 Å². The van der Waals surface area contributed by atoms with E-state index in [2.05, 4.69) is 31.7 Å². The number of rotatable bonds is 6. The molecule has 1 amide bonds. The van der Waals surface area contributed by atoms with Crippen LogP contribution in [-0.2, 0) is 0 Å². The van der Waals surface area contributed by atoms with Gasteiger partial charge in [0.15, 0.2) is 0 Å². The van der Waals surface area contributed by atoms with Crippen LogP contribution in [0.2, 0.25) is 0 Å². The van der Waals surface area contributed by atoms with E-state index in [-0.39, 0.29) is 12.6 Å². The molecule has 0 bridgehead atoms. The first-order chi connectivity index (χ1) is 11.1. The minimum absolute atomic E-state index is 0.0988. The molecule has 0 spiro atoms. The van der Waals surface area contributed by atoms with Crippen molar-refractivity contribution in [1.29, 1.82) is 0 Å². The maximum Gasteiger partial charge on any atom is 0.255 e. The van der Waals surface area contributed by atoms with Crippen LogP contribution in [0.1, 0.15) is 38.1 Å². The second-order valence-electron chi connectivity index (χ2n) is 6.55. The zero-order chi connectivity index (χ0) is 18.1. The fourth-order valence-electron chi connectivity index (χ4n) is 2.16. The molecule has 24 heavy (non-hydrogen) atoms. The van der Waals surface area contributed by atoms with Crippen molar-refractivity contribution in [2.24, 2.45) is 0 Å². The maximum absolute atomic E-state index is 13.8. The van der Waals surface area contributed by atoms with Gasteiger partial charge in [-0.2, -0.15) is 5.10 Å². The minimum Gasteiger partial charge on any atom is -0.387 e. The van der Waals surface area contributed by atoms with Crippen molar-refractivity contribution in [2.75, 3.05) is 11.9 Å². The molecule has 2 aromatic rings. The Hall–Kier alpha value is -1.67. The number of amides is 1. The number of hydrogen-bond donors (Lipinski definition) is 3. The number of aromatic nitrogens is 2. The highest BCUT2D eigenvalue weighted by Crippen LogP contribution is 2.26. The number of halogens is 2. The molecule has 0 unspecified atom stereocenters. The normalized spacial score (nSPS) is 13.3. The maximum atomic E-state index is 13.8. The van der Waals surface area contributed by atoms with Gasteiger partial charge < -0.3 is 15.7 Å². The SMILES string of the molecule is CC(C)Nc1c(C(=O)NC[C@@H](F)C(C)(C)O)cnn2cc(Br)cc12. The monoisotopic (exact) mass is 400 g/mol. The average molecular weight is 401 g/mol. The van der Waals surface area contributed by atoms with Crippen LogP contribution in [0.4, 0.5) is 10.1 Å². The Morgan fingerprint density at radius 1 is 1.50 bits per heavy atom. The van der Waals surface area contributed by atoms with Gasteiger partial charge in [0, 0.05) is 16.7 Å². The second-order valence-corrected chi connectivity index (χ2v) is 7.47. The third kappa shape index (κ3) is 4.24. The Morgan fingerprint density at radius 3 is 2.75 bits per heavy atom. The van der Waals surface area contributed by atoms with Gasteiger partial charge in [-0.3, -0.25) is 4.79 Å². The summed E-state index contributed by atoms with van der Waals surface area (Å²) in [6, 6.07) is 1.95. The molecule has 0 aliphatic heterocycles. The van der Waals surface area contributed by atoms with Gasteiger partial charge in [-0.1, -0.05) is 0 Å². The summed E-state index contributed by atoms with van der Waals surface area (Å²) in [6.07, 6.45) is 1.66. The van der Waals surface area contributed by atoms with Gasteiger partial charge in [0.05, 0.1) is 35.1 Å². The standard InChI is InChI=1S/C16H22BrFN4O2/c1-9(2)21-14-11(6-20-22-8-10(17)5-12(14)22)15(23)19-7-13(18)16(3,4)24/h5-6,8-9,13,21,24H,7H2,1-4H3,(H,19,23)/t13-/m1/s1. The molecule has 0 radical (unpaired) electrons. The van der Waals surface area contributed by atoms with Crippen LogP contribution in [0.3, 0.4) is 0 Å². The molecule has 6 nitrogen and oxygen atoms in total. The lowest BCUT2D eigenvalue weighted by molar-refractivity contribution is -0.00177. The van der Waals surface area contributed by atoms with Crippen LogP contribution in [0.25, 0.3) is 5.52 Å². The van der Waals surface area contributed by atoms with Gasteiger partial charge in [-0.15, -0.1) is 0 Å². The molecular weight excluding hydrogens is 379 g/mol. The number of nitrogens with zero attached hydrogens (tertiary/aromatic N) is 2. The fraction of sp³-hybridized carbons (Fsp3) is 0.500. The van der Waals surface area contributed by atoms with E-state index in [1.807, 2.05) is 19.9 Å². The number of carbonyl (C=O) groups excluding carboxylic acids is 1. The smallest absolute Gasteiger partial charge is 0.255 e. The highest BCUT2D eigenvalue weighted by molar-refractivity contribution is 9.10. The molecule has 2 aromatic heterocycles. The van der Waals surface area contributed by atoms with E-state index in [1.54, 1.807) is 10.7 Å². The Labute approximate surface area is 148 Å². The molecule has 8 heteroatoms. The molecule has 132 valence electrons. The van der Waals surface area contributed by atoms with E-state index in [1.165, 1.54) is 20.0 Å². The summed E-state index contributed by atoms with van der Waals surface area (Å²) in [4.78, 5) is 12.5. The van der Waals surface area contributed by atoms with E-state index < -0.39 is 17.7 Å². The van der Waals surface area contributed by atoms with Gasteiger partial charge in [0.2, 0.25) is 0 Å². The van der Waals surface area contributed by atoms with Crippen molar-refractivity contribution in [1.82, 2.24) is 14.9 Å². The first kappa shape index (κ1) is 18.7. The number of fused-ring (bicyclic) bond motifs is 1. The predicted molar refractivity (Wildman–Crippen MR) is 95.2 cm³/mol. The fourth-order valence-corrected chi connectivity index (χ4v) is 2.58. The first-order valence-corrected chi connectivity index (χ1v) is 8.47. The van der Waals surface area contributed by atoms with Crippen molar-refractivity contribution >= 4 is 33.0 Å². The van der Waals surface area contributed by atoms with Crippen molar-refractivity contribution in [3.05, 3.63) is 28.5 Å². The zero-order valence-corrected chi connectivity index (χ0v) is 15.7. The summed E-state index contributed by atoms with van der Waals surface area (Å²) in [5, 5.41) is 19.6. The summed E-state index contributed by atoms with van der Waals surface area (Å²) in [7, 11) is 0. The van der Waals surface area contributed by atoms with Crippen molar-refractivity contribution in [3.8, 4) is 0 Å². The molecule has 0 fully saturated rings. The molecule has 2 heterocycles. The van der Waals surface area contributed by atoms with Crippen LogP contribution in [-0.4, -0.2) is 45.0 Å². The lowest BCUT2D eigenvalue weighted by Gasteiger charge is -2.23. The van der Waals surface area contributed by atoms with E-state index in [4.69, 9.17) is 0 Å². The number of alkyl halides is 1. The van der Waals surface area contributed by atoms with E-state index in [0.717, 1.165) is 9.99 Å². The third-order valence-corrected chi connectivity index (χ3v) is 3.92. The van der Waals surface area contributed by atoms with Gasteiger partial charge in [0.25, 0.3) is 5.91 Å². The molecular formula is C16H22BrFN4O2. The number of anilines is 1. The minimum atomic E-state index is -1.57. The summed E-state index contributed by atoms with van der Waals surface area (Å²) in [5.74, 6) is -0.447. The summed E-state index contributed by atoms with van der Waals surface area (Å²) >= 11 is 3.39. The Morgan fingerprint density at radius 2 is 2.17 bits per heavy atom.